The topological polar surface area (TPSA) is 78.9 Å². The van der Waals surface area contributed by atoms with Crippen molar-refractivity contribution in [2.24, 2.45) is 0 Å². The van der Waals surface area contributed by atoms with E-state index in [9.17, 15) is 14.7 Å². The molecule has 0 saturated carbocycles. The van der Waals surface area contributed by atoms with Crippen molar-refractivity contribution in [3.8, 4) is 0 Å². The van der Waals surface area contributed by atoms with E-state index in [1.54, 1.807) is 19.1 Å². The minimum atomic E-state index is -1.05. The lowest BCUT2D eigenvalue weighted by Gasteiger charge is -2.28. The van der Waals surface area contributed by atoms with Gasteiger partial charge in [0, 0.05) is 25.2 Å². The molecule has 1 saturated heterocycles. The molecule has 1 fully saturated rings. The summed E-state index contributed by atoms with van der Waals surface area (Å²) in [4.78, 5) is 25.4. The Morgan fingerprint density at radius 1 is 1.07 bits per heavy atom. The Labute approximate surface area is 158 Å². The van der Waals surface area contributed by atoms with E-state index in [0.717, 1.165) is 37.4 Å². The Hall–Kier alpha value is -2.86. The number of aromatic carboxylic acids is 1. The van der Waals surface area contributed by atoms with Gasteiger partial charge in [0.2, 0.25) is 5.91 Å². The number of ether oxygens (including phenoxy) is 1. The predicted molar refractivity (Wildman–Crippen MR) is 105 cm³/mol. The van der Waals surface area contributed by atoms with Gasteiger partial charge in [-0.25, -0.2) is 4.79 Å². The zero-order valence-electron chi connectivity index (χ0n) is 15.4. The van der Waals surface area contributed by atoms with Crippen LogP contribution in [0.1, 0.15) is 34.8 Å². The molecule has 6 heteroatoms. The van der Waals surface area contributed by atoms with Crippen molar-refractivity contribution in [2.75, 3.05) is 36.5 Å². The molecule has 1 aliphatic rings. The fourth-order valence-corrected chi connectivity index (χ4v) is 3.11. The zero-order valence-corrected chi connectivity index (χ0v) is 15.4. The number of morpholine rings is 1. The molecule has 2 N–H and O–H groups in total. The van der Waals surface area contributed by atoms with Gasteiger partial charge in [0.15, 0.2) is 0 Å². The third kappa shape index (κ3) is 4.86. The van der Waals surface area contributed by atoms with Gasteiger partial charge in [-0.15, -0.1) is 0 Å². The Kier molecular flexibility index (Phi) is 6.08. The predicted octanol–water partition coefficient (Wildman–Crippen LogP) is 3.16. The fraction of sp³-hybridized carbons (Fsp3) is 0.333. The van der Waals surface area contributed by atoms with E-state index >= 15 is 0 Å². The van der Waals surface area contributed by atoms with Gasteiger partial charge in [-0.05, 0) is 41.8 Å². The normalized spacial score (nSPS) is 14.0. The summed E-state index contributed by atoms with van der Waals surface area (Å²) in [6.45, 7) is 5.02. The largest absolute Gasteiger partial charge is 0.478 e. The SMILES string of the molecule is CCC(=O)Nc1ccc(Cc2ccc(N3CCOCC3)cc2)cc1C(=O)O. The zero-order chi connectivity index (χ0) is 19.2. The van der Waals surface area contributed by atoms with E-state index in [0.29, 0.717) is 18.5 Å². The lowest BCUT2D eigenvalue weighted by atomic mass is 10.0. The molecule has 6 nitrogen and oxygen atoms in total. The van der Waals surface area contributed by atoms with E-state index in [1.807, 2.05) is 6.07 Å². The first-order valence-corrected chi connectivity index (χ1v) is 9.14. The number of carboxylic acids is 1. The molecule has 0 radical (unpaired) electrons. The third-order valence-electron chi connectivity index (χ3n) is 4.63. The molecule has 0 spiro atoms. The summed E-state index contributed by atoms with van der Waals surface area (Å²) in [7, 11) is 0. The lowest BCUT2D eigenvalue weighted by Crippen LogP contribution is -2.36. The first-order valence-electron chi connectivity index (χ1n) is 9.14. The van der Waals surface area contributed by atoms with E-state index in [2.05, 4.69) is 34.5 Å². The number of carbonyl (C=O) groups is 2. The number of nitrogens with zero attached hydrogens (tertiary/aromatic N) is 1. The van der Waals surface area contributed by atoms with E-state index in [-0.39, 0.29) is 11.5 Å². The second-order valence-corrected chi connectivity index (χ2v) is 6.53. The van der Waals surface area contributed by atoms with Crippen molar-refractivity contribution >= 4 is 23.3 Å². The summed E-state index contributed by atoms with van der Waals surface area (Å²) in [5, 5.41) is 12.1. The van der Waals surface area contributed by atoms with Gasteiger partial charge < -0.3 is 20.1 Å². The monoisotopic (exact) mass is 368 g/mol. The standard InChI is InChI=1S/C21H24N2O4/c1-2-20(24)22-19-8-5-16(14-18(19)21(25)26)13-15-3-6-17(7-4-15)23-9-11-27-12-10-23/h3-8,14H,2,9-13H2,1H3,(H,22,24)(H,25,26). The Morgan fingerprint density at radius 2 is 1.74 bits per heavy atom. The van der Waals surface area contributed by atoms with Crippen LogP contribution in [-0.4, -0.2) is 43.3 Å². The summed E-state index contributed by atoms with van der Waals surface area (Å²) in [6, 6.07) is 13.5. The highest BCUT2D eigenvalue weighted by Crippen LogP contribution is 2.22. The second kappa shape index (κ2) is 8.68. The molecule has 0 aliphatic carbocycles. The molecule has 142 valence electrons. The van der Waals surface area contributed by atoms with Crippen LogP contribution < -0.4 is 10.2 Å². The summed E-state index contributed by atoms with van der Waals surface area (Å²) in [5.74, 6) is -1.25. The first-order chi connectivity index (χ1) is 13.1. The summed E-state index contributed by atoms with van der Waals surface area (Å²) < 4.78 is 5.38. The van der Waals surface area contributed by atoms with Crippen LogP contribution in [0.25, 0.3) is 0 Å². The maximum atomic E-state index is 11.6. The molecule has 0 unspecified atom stereocenters. The number of hydrogen-bond donors (Lipinski definition) is 2. The van der Waals surface area contributed by atoms with Gasteiger partial charge in [-0.1, -0.05) is 25.1 Å². The first kappa shape index (κ1) is 18.9. The average molecular weight is 368 g/mol. The van der Waals surface area contributed by atoms with Crippen molar-refractivity contribution in [1.29, 1.82) is 0 Å². The minimum Gasteiger partial charge on any atom is -0.478 e. The lowest BCUT2D eigenvalue weighted by molar-refractivity contribution is -0.115. The highest BCUT2D eigenvalue weighted by atomic mass is 16.5. The molecule has 2 aromatic carbocycles. The van der Waals surface area contributed by atoms with Crippen LogP contribution in [0, 0.1) is 0 Å². The van der Waals surface area contributed by atoms with E-state index < -0.39 is 5.97 Å². The number of nitrogens with one attached hydrogen (secondary N) is 1. The maximum Gasteiger partial charge on any atom is 0.337 e. The maximum absolute atomic E-state index is 11.6. The molecule has 2 aromatic rings. The van der Waals surface area contributed by atoms with Crippen molar-refractivity contribution in [3.63, 3.8) is 0 Å². The van der Waals surface area contributed by atoms with Gasteiger partial charge in [0.25, 0.3) is 0 Å². The van der Waals surface area contributed by atoms with Gasteiger partial charge >= 0.3 is 5.97 Å². The summed E-state index contributed by atoms with van der Waals surface area (Å²) in [6.07, 6.45) is 0.933. The molecule has 1 amide bonds. The Bertz CT molecular complexity index is 811. The number of benzene rings is 2. The van der Waals surface area contributed by atoms with Crippen molar-refractivity contribution in [2.45, 2.75) is 19.8 Å². The minimum absolute atomic E-state index is 0.110. The Morgan fingerprint density at radius 3 is 2.37 bits per heavy atom. The van der Waals surface area contributed by atoms with Crippen LogP contribution in [0.4, 0.5) is 11.4 Å². The summed E-state index contributed by atoms with van der Waals surface area (Å²) in [5.41, 5.74) is 3.61. The molecule has 0 aromatic heterocycles. The number of amides is 1. The molecule has 1 aliphatic heterocycles. The number of hydrogen-bond acceptors (Lipinski definition) is 4. The molecular weight excluding hydrogens is 344 g/mol. The van der Waals surface area contributed by atoms with E-state index in [4.69, 9.17) is 4.74 Å². The quantitative estimate of drug-likeness (QED) is 0.819. The molecule has 3 rings (SSSR count). The fourth-order valence-electron chi connectivity index (χ4n) is 3.11. The van der Waals surface area contributed by atoms with Gasteiger partial charge in [-0.2, -0.15) is 0 Å². The van der Waals surface area contributed by atoms with Crippen LogP contribution in [0.5, 0.6) is 0 Å². The van der Waals surface area contributed by atoms with Gasteiger partial charge in [0.1, 0.15) is 0 Å². The van der Waals surface area contributed by atoms with Crippen LogP contribution in [0.2, 0.25) is 0 Å². The molecule has 27 heavy (non-hydrogen) atoms. The van der Waals surface area contributed by atoms with Gasteiger partial charge in [-0.3, -0.25) is 4.79 Å². The second-order valence-electron chi connectivity index (χ2n) is 6.53. The number of carbonyl (C=O) groups excluding carboxylic acids is 1. The van der Waals surface area contributed by atoms with Crippen molar-refractivity contribution in [1.82, 2.24) is 0 Å². The third-order valence-corrected chi connectivity index (χ3v) is 4.63. The molecule has 0 atom stereocenters. The van der Waals surface area contributed by atoms with Crippen LogP contribution >= 0.6 is 0 Å². The number of rotatable bonds is 6. The van der Waals surface area contributed by atoms with Crippen LogP contribution in [0.15, 0.2) is 42.5 Å². The van der Waals surface area contributed by atoms with Crippen LogP contribution in [-0.2, 0) is 16.0 Å². The number of anilines is 2. The van der Waals surface area contributed by atoms with Crippen molar-refractivity contribution in [3.05, 3.63) is 59.2 Å². The number of carboxylic acid groups (broad SMARTS) is 1. The highest BCUT2D eigenvalue weighted by Gasteiger charge is 2.14. The van der Waals surface area contributed by atoms with E-state index in [1.165, 1.54) is 5.69 Å². The summed E-state index contributed by atoms with van der Waals surface area (Å²) >= 11 is 0. The molecule has 1 heterocycles. The smallest absolute Gasteiger partial charge is 0.337 e. The highest BCUT2D eigenvalue weighted by molar-refractivity contribution is 6.00. The molecular formula is C21H24N2O4. The van der Waals surface area contributed by atoms with Crippen LogP contribution in [0.3, 0.4) is 0 Å². The average Bonchev–Trinajstić information content (AvgIpc) is 2.70. The van der Waals surface area contributed by atoms with Crippen molar-refractivity contribution < 1.29 is 19.4 Å². The molecule has 0 bridgehead atoms. The Balaban J connectivity index is 1.73. The van der Waals surface area contributed by atoms with Gasteiger partial charge in [0.05, 0.1) is 24.5 Å².